The normalized spacial score (nSPS) is 16.1. The first kappa shape index (κ1) is 24.1. The van der Waals surface area contributed by atoms with Gasteiger partial charge in [-0.15, -0.1) is 13.2 Å². The maximum Gasteiger partial charge on any atom is 0.338 e. The van der Waals surface area contributed by atoms with Crippen LogP contribution in [0, 0.1) is 0 Å². The van der Waals surface area contributed by atoms with Crippen molar-refractivity contribution in [2.45, 2.75) is 23.8 Å². The number of carbonyl (C=O) groups excluding carboxylic acids is 2. The van der Waals surface area contributed by atoms with Gasteiger partial charge in [-0.2, -0.15) is 0 Å². The average Bonchev–Trinajstić information content (AvgIpc) is 3.24. The predicted molar refractivity (Wildman–Crippen MR) is 113 cm³/mol. The molecule has 0 aliphatic carbocycles. The van der Waals surface area contributed by atoms with Crippen molar-refractivity contribution in [3.05, 3.63) is 54.1 Å². The van der Waals surface area contributed by atoms with Crippen molar-refractivity contribution >= 4 is 33.5 Å². The Morgan fingerprint density at radius 1 is 1.30 bits per heavy atom. The molecule has 1 amide bonds. The van der Waals surface area contributed by atoms with E-state index in [1.165, 1.54) is 17.0 Å². The first-order valence-electron chi connectivity index (χ1n) is 9.36. The van der Waals surface area contributed by atoms with E-state index < -0.39 is 28.5 Å². The molecule has 0 saturated carbocycles. The van der Waals surface area contributed by atoms with E-state index in [1.807, 2.05) is 0 Å². The molecule has 1 atom stereocenters. The topological polar surface area (TPSA) is 102 Å². The van der Waals surface area contributed by atoms with Gasteiger partial charge in [0, 0.05) is 26.2 Å². The van der Waals surface area contributed by atoms with Crippen LogP contribution in [0.15, 0.2) is 48.4 Å². The molecule has 30 heavy (non-hydrogen) atoms. The number of esters is 1. The number of benzene rings is 1. The number of rotatable bonds is 11. The minimum Gasteiger partial charge on any atom is -0.452 e. The van der Waals surface area contributed by atoms with Gasteiger partial charge in [0.1, 0.15) is 4.90 Å². The molecule has 1 aliphatic rings. The van der Waals surface area contributed by atoms with Crippen molar-refractivity contribution in [3.63, 3.8) is 0 Å². The molecule has 1 fully saturated rings. The highest BCUT2D eigenvalue weighted by atomic mass is 35.5. The van der Waals surface area contributed by atoms with E-state index in [-0.39, 0.29) is 41.2 Å². The van der Waals surface area contributed by atoms with E-state index in [1.54, 1.807) is 12.2 Å². The summed E-state index contributed by atoms with van der Waals surface area (Å²) in [6, 6.07) is 3.75. The average molecular weight is 457 g/mol. The Morgan fingerprint density at radius 2 is 2.00 bits per heavy atom. The van der Waals surface area contributed by atoms with Crippen LogP contribution >= 0.6 is 11.6 Å². The summed E-state index contributed by atoms with van der Waals surface area (Å²) in [4.78, 5) is 25.7. The van der Waals surface area contributed by atoms with Crippen molar-refractivity contribution in [2.24, 2.45) is 0 Å². The van der Waals surface area contributed by atoms with Gasteiger partial charge in [-0.05, 0) is 31.0 Å². The van der Waals surface area contributed by atoms with E-state index in [0.29, 0.717) is 6.61 Å². The molecule has 1 aliphatic heterocycles. The Morgan fingerprint density at radius 3 is 2.60 bits per heavy atom. The molecule has 1 aromatic rings. The molecule has 1 N–H and O–H groups in total. The van der Waals surface area contributed by atoms with Gasteiger partial charge in [0.05, 0.1) is 16.7 Å². The maximum atomic E-state index is 12.6. The highest BCUT2D eigenvalue weighted by Gasteiger charge is 2.24. The molecule has 1 aromatic carbocycles. The fraction of sp³-hybridized carbons (Fsp3) is 0.400. The van der Waals surface area contributed by atoms with Gasteiger partial charge < -0.3 is 14.4 Å². The largest absolute Gasteiger partial charge is 0.452 e. The standard InChI is InChI=1S/C20H25ClN2O6S/c1-3-9-23(10-4-2)19(24)14-29-20(25)15-7-8-17(21)18(12-15)30(26,27)22-13-16-6-5-11-28-16/h3-4,7-8,12,16,22H,1-2,5-6,9-11,13-14H2. The maximum absolute atomic E-state index is 12.6. The Hall–Kier alpha value is -2.20. The van der Waals surface area contributed by atoms with Gasteiger partial charge in [0.15, 0.2) is 6.61 Å². The van der Waals surface area contributed by atoms with Crippen molar-refractivity contribution in [1.82, 2.24) is 9.62 Å². The first-order valence-corrected chi connectivity index (χ1v) is 11.2. The van der Waals surface area contributed by atoms with Crippen LogP contribution in [0.2, 0.25) is 5.02 Å². The molecule has 164 valence electrons. The van der Waals surface area contributed by atoms with Crippen molar-refractivity contribution < 1.29 is 27.5 Å². The summed E-state index contributed by atoms with van der Waals surface area (Å²) in [5, 5.41) is -0.0365. The molecule has 10 heteroatoms. The lowest BCUT2D eigenvalue weighted by Gasteiger charge is -2.19. The van der Waals surface area contributed by atoms with Crippen LogP contribution in [-0.2, 0) is 24.3 Å². The molecular formula is C20H25ClN2O6S. The van der Waals surface area contributed by atoms with Gasteiger partial charge in [0.25, 0.3) is 5.91 Å². The van der Waals surface area contributed by atoms with Gasteiger partial charge >= 0.3 is 5.97 Å². The zero-order valence-electron chi connectivity index (χ0n) is 16.5. The summed E-state index contributed by atoms with van der Waals surface area (Å²) in [7, 11) is -3.96. The third-order valence-electron chi connectivity index (χ3n) is 4.36. The smallest absolute Gasteiger partial charge is 0.338 e. The number of nitrogens with one attached hydrogen (secondary N) is 1. The summed E-state index contributed by atoms with van der Waals surface area (Å²) >= 11 is 6.04. The Kier molecular flexibility index (Phi) is 9.04. The van der Waals surface area contributed by atoms with E-state index in [0.717, 1.165) is 18.9 Å². The number of carbonyl (C=O) groups is 2. The Labute approximate surface area is 181 Å². The molecule has 0 radical (unpaired) electrons. The lowest BCUT2D eigenvalue weighted by Crippen LogP contribution is -2.35. The highest BCUT2D eigenvalue weighted by Crippen LogP contribution is 2.23. The molecule has 8 nitrogen and oxygen atoms in total. The van der Waals surface area contributed by atoms with E-state index in [9.17, 15) is 18.0 Å². The molecule has 1 saturated heterocycles. The van der Waals surface area contributed by atoms with E-state index in [2.05, 4.69) is 17.9 Å². The number of hydrogen-bond donors (Lipinski definition) is 1. The first-order chi connectivity index (χ1) is 14.3. The Bertz CT molecular complexity index is 887. The second-order valence-electron chi connectivity index (χ2n) is 6.58. The number of ether oxygens (including phenoxy) is 2. The summed E-state index contributed by atoms with van der Waals surface area (Å²) in [5.41, 5.74) is -0.0383. The number of sulfonamides is 1. The molecule has 2 rings (SSSR count). The second kappa shape index (κ2) is 11.3. The molecule has 0 bridgehead atoms. The van der Waals surface area contributed by atoms with Crippen LogP contribution in [-0.4, -0.2) is 64.1 Å². The molecule has 1 unspecified atom stereocenters. The summed E-state index contributed by atoms with van der Waals surface area (Å²) < 4.78 is 38.1. The van der Waals surface area contributed by atoms with E-state index in [4.69, 9.17) is 21.1 Å². The van der Waals surface area contributed by atoms with Gasteiger partial charge in [0.2, 0.25) is 10.0 Å². The molecule has 1 heterocycles. The third-order valence-corrected chi connectivity index (χ3v) is 6.26. The van der Waals surface area contributed by atoms with Crippen LogP contribution in [0.25, 0.3) is 0 Å². The zero-order chi connectivity index (χ0) is 22.1. The monoisotopic (exact) mass is 456 g/mol. The highest BCUT2D eigenvalue weighted by molar-refractivity contribution is 7.89. The molecular weight excluding hydrogens is 432 g/mol. The van der Waals surface area contributed by atoms with Crippen LogP contribution in [0.5, 0.6) is 0 Å². The number of halogens is 1. The van der Waals surface area contributed by atoms with Gasteiger partial charge in [-0.25, -0.2) is 17.9 Å². The van der Waals surface area contributed by atoms with Crippen molar-refractivity contribution in [3.8, 4) is 0 Å². The van der Waals surface area contributed by atoms with Crippen LogP contribution in [0.1, 0.15) is 23.2 Å². The zero-order valence-corrected chi connectivity index (χ0v) is 18.1. The van der Waals surface area contributed by atoms with Crippen LogP contribution in [0.4, 0.5) is 0 Å². The lowest BCUT2D eigenvalue weighted by molar-refractivity contribution is -0.133. The predicted octanol–water partition coefficient (Wildman–Crippen LogP) is 2.15. The number of nitrogens with zero attached hydrogens (tertiary/aromatic N) is 1. The minimum atomic E-state index is -3.96. The summed E-state index contributed by atoms with van der Waals surface area (Å²) in [6.45, 7) is 7.92. The minimum absolute atomic E-state index is 0.0365. The quantitative estimate of drug-likeness (QED) is 0.404. The summed E-state index contributed by atoms with van der Waals surface area (Å²) in [6.07, 6.45) is 4.55. The fourth-order valence-electron chi connectivity index (χ4n) is 2.81. The third kappa shape index (κ3) is 6.66. The van der Waals surface area contributed by atoms with Crippen LogP contribution in [0.3, 0.4) is 0 Å². The van der Waals surface area contributed by atoms with E-state index >= 15 is 0 Å². The SMILES string of the molecule is C=CCN(CC=C)C(=O)COC(=O)c1ccc(Cl)c(S(=O)(=O)NCC2CCCO2)c1. The van der Waals surface area contributed by atoms with Crippen molar-refractivity contribution in [2.75, 3.05) is 32.8 Å². The molecule has 0 spiro atoms. The lowest BCUT2D eigenvalue weighted by atomic mass is 10.2. The van der Waals surface area contributed by atoms with Gasteiger partial charge in [-0.3, -0.25) is 4.79 Å². The second-order valence-corrected chi connectivity index (χ2v) is 8.73. The number of hydrogen-bond acceptors (Lipinski definition) is 6. The summed E-state index contributed by atoms with van der Waals surface area (Å²) in [5.74, 6) is -1.27. The van der Waals surface area contributed by atoms with Gasteiger partial charge in [-0.1, -0.05) is 23.8 Å². The number of amides is 1. The molecule has 0 aromatic heterocycles. The fourth-order valence-corrected chi connectivity index (χ4v) is 4.40. The Balaban J connectivity index is 2.05. The van der Waals surface area contributed by atoms with Crippen LogP contribution < -0.4 is 4.72 Å². The van der Waals surface area contributed by atoms with Crippen molar-refractivity contribution in [1.29, 1.82) is 0 Å².